The molecular weight excluding hydrogens is 341 g/mol. The number of aryl methyl sites for hydroxylation is 1. The van der Waals surface area contributed by atoms with Crippen LogP contribution in [0.5, 0.6) is 0 Å². The summed E-state index contributed by atoms with van der Waals surface area (Å²) in [5, 5.41) is 3.15. The lowest BCUT2D eigenvalue weighted by Gasteiger charge is -2.19. The fourth-order valence-corrected chi connectivity index (χ4v) is 3.74. The third kappa shape index (κ3) is 3.88. The average molecular weight is 366 g/mol. The van der Waals surface area contributed by atoms with Crippen LogP contribution in [0.2, 0.25) is 0 Å². The van der Waals surface area contributed by atoms with Crippen LogP contribution >= 0.6 is 12.4 Å². The third-order valence-corrected chi connectivity index (χ3v) is 5.04. The van der Waals surface area contributed by atoms with Gasteiger partial charge in [0.2, 0.25) is 0 Å². The van der Waals surface area contributed by atoms with Crippen LogP contribution in [0, 0.1) is 25.6 Å². The van der Waals surface area contributed by atoms with Crippen molar-refractivity contribution in [2.24, 2.45) is 11.7 Å². The van der Waals surface area contributed by atoms with Gasteiger partial charge >= 0.3 is 0 Å². The SMILES string of the molecule is Cc1cc(C(=O)NC2CCCC2CN)c(C)n1-c1ccc(F)cc1.Cl. The summed E-state index contributed by atoms with van der Waals surface area (Å²) in [6, 6.07) is 8.35. The summed E-state index contributed by atoms with van der Waals surface area (Å²) in [6.45, 7) is 4.48. The second kappa shape index (κ2) is 8.02. The quantitative estimate of drug-likeness (QED) is 0.871. The molecule has 0 radical (unpaired) electrons. The molecule has 0 bridgehead atoms. The number of aromatic nitrogens is 1. The van der Waals surface area contributed by atoms with Gasteiger partial charge in [0.25, 0.3) is 5.91 Å². The highest BCUT2D eigenvalue weighted by molar-refractivity contribution is 5.96. The highest BCUT2D eigenvalue weighted by Gasteiger charge is 2.28. The van der Waals surface area contributed by atoms with Crippen molar-refractivity contribution in [3.05, 3.63) is 53.1 Å². The van der Waals surface area contributed by atoms with Crippen molar-refractivity contribution in [1.82, 2.24) is 9.88 Å². The smallest absolute Gasteiger partial charge is 0.253 e. The predicted octanol–water partition coefficient (Wildman–Crippen LogP) is 3.51. The molecule has 1 saturated carbocycles. The molecule has 6 heteroatoms. The van der Waals surface area contributed by atoms with Crippen LogP contribution in [0.15, 0.2) is 30.3 Å². The van der Waals surface area contributed by atoms with Crippen molar-refractivity contribution < 1.29 is 9.18 Å². The summed E-state index contributed by atoms with van der Waals surface area (Å²) >= 11 is 0. The molecule has 1 aliphatic rings. The maximum atomic E-state index is 13.2. The topological polar surface area (TPSA) is 60.1 Å². The van der Waals surface area contributed by atoms with Crippen LogP contribution in [-0.2, 0) is 0 Å². The van der Waals surface area contributed by atoms with E-state index in [0.717, 1.165) is 36.3 Å². The Labute approximate surface area is 154 Å². The molecule has 1 amide bonds. The van der Waals surface area contributed by atoms with Gasteiger partial charge in [0.1, 0.15) is 5.82 Å². The number of carbonyl (C=O) groups excluding carboxylic acids is 1. The monoisotopic (exact) mass is 365 g/mol. The Hall–Kier alpha value is -1.85. The van der Waals surface area contributed by atoms with Crippen LogP contribution in [-0.4, -0.2) is 23.1 Å². The molecule has 4 nitrogen and oxygen atoms in total. The van der Waals surface area contributed by atoms with Gasteiger partial charge in [0.15, 0.2) is 0 Å². The van der Waals surface area contributed by atoms with Crippen molar-refractivity contribution in [2.45, 2.75) is 39.2 Å². The molecule has 2 unspecified atom stereocenters. The van der Waals surface area contributed by atoms with Crippen molar-refractivity contribution in [1.29, 1.82) is 0 Å². The largest absolute Gasteiger partial charge is 0.349 e. The number of nitrogens with one attached hydrogen (secondary N) is 1. The van der Waals surface area contributed by atoms with Crippen LogP contribution in [0.3, 0.4) is 0 Å². The summed E-state index contributed by atoms with van der Waals surface area (Å²) in [5.41, 5.74) is 9.13. The maximum Gasteiger partial charge on any atom is 0.253 e. The summed E-state index contributed by atoms with van der Waals surface area (Å²) < 4.78 is 15.1. The fraction of sp³-hybridized carbons (Fsp3) is 0.421. The molecule has 2 aromatic rings. The minimum absolute atomic E-state index is 0. The van der Waals surface area contributed by atoms with Crippen molar-refractivity contribution >= 4 is 18.3 Å². The van der Waals surface area contributed by atoms with E-state index in [2.05, 4.69) is 5.32 Å². The Morgan fingerprint density at radius 3 is 2.60 bits per heavy atom. The fourth-order valence-electron chi connectivity index (χ4n) is 3.74. The van der Waals surface area contributed by atoms with Crippen molar-refractivity contribution in [3.63, 3.8) is 0 Å². The van der Waals surface area contributed by atoms with E-state index in [9.17, 15) is 9.18 Å². The van der Waals surface area contributed by atoms with Gasteiger partial charge in [0.05, 0.1) is 5.56 Å². The van der Waals surface area contributed by atoms with E-state index in [1.54, 1.807) is 12.1 Å². The molecule has 3 rings (SSSR count). The molecule has 1 aromatic carbocycles. The van der Waals surface area contributed by atoms with E-state index in [-0.39, 0.29) is 30.2 Å². The van der Waals surface area contributed by atoms with E-state index in [1.807, 2.05) is 24.5 Å². The molecule has 1 aliphatic carbocycles. The van der Waals surface area contributed by atoms with E-state index in [1.165, 1.54) is 12.1 Å². The van der Waals surface area contributed by atoms with E-state index in [4.69, 9.17) is 5.73 Å². The zero-order valence-electron chi connectivity index (χ0n) is 14.6. The van der Waals surface area contributed by atoms with Gasteiger partial charge in [-0.15, -0.1) is 12.4 Å². The second-order valence-electron chi connectivity index (χ2n) is 6.60. The zero-order valence-corrected chi connectivity index (χ0v) is 15.4. The summed E-state index contributed by atoms with van der Waals surface area (Å²) in [5.74, 6) is 0.0459. The molecule has 25 heavy (non-hydrogen) atoms. The molecule has 0 aliphatic heterocycles. The van der Waals surface area contributed by atoms with Gasteiger partial charge < -0.3 is 15.6 Å². The first-order chi connectivity index (χ1) is 11.5. The summed E-state index contributed by atoms with van der Waals surface area (Å²) in [6.07, 6.45) is 3.18. The number of amides is 1. The molecular formula is C19H25ClFN3O. The van der Waals surface area contributed by atoms with Crippen molar-refractivity contribution in [2.75, 3.05) is 6.54 Å². The second-order valence-corrected chi connectivity index (χ2v) is 6.60. The Morgan fingerprint density at radius 1 is 1.28 bits per heavy atom. The molecule has 1 heterocycles. The van der Waals surface area contributed by atoms with Crippen LogP contribution in [0.25, 0.3) is 5.69 Å². The van der Waals surface area contributed by atoms with Crippen molar-refractivity contribution in [3.8, 4) is 5.69 Å². The van der Waals surface area contributed by atoms with Gasteiger partial charge in [-0.3, -0.25) is 4.79 Å². The van der Waals surface area contributed by atoms with Crippen LogP contribution < -0.4 is 11.1 Å². The number of nitrogens with zero attached hydrogens (tertiary/aromatic N) is 1. The number of nitrogens with two attached hydrogens (primary N) is 1. The average Bonchev–Trinajstić information content (AvgIpc) is 3.12. The highest BCUT2D eigenvalue weighted by Crippen LogP contribution is 2.26. The Morgan fingerprint density at radius 2 is 1.96 bits per heavy atom. The molecule has 0 spiro atoms. The van der Waals surface area contributed by atoms with Crippen LogP contribution in [0.1, 0.15) is 41.0 Å². The van der Waals surface area contributed by atoms with E-state index in [0.29, 0.717) is 18.0 Å². The Bertz CT molecular complexity index is 742. The molecule has 1 fully saturated rings. The Balaban J connectivity index is 0.00000225. The minimum atomic E-state index is -0.270. The van der Waals surface area contributed by atoms with E-state index >= 15 is 0 Å². The van der Waals surface area contributed by atoms with Gasteiger partial charge in [-0.1, -0.05) is 6.42 Å². The molecule has 0 saturated heterocycles. The number of hydrogen-bond acceptors (Lipinski definition) is 2. The first-order valence-corrected chi connectivity index (χ1v) is 8.47. The molecule has 3 N–H and O–H groups in total. The standard InChI is InChI=1S/C19H24FN3O.ClH/c1-12-10-17(19(24)22-18-5-3-4-14(18)11-21)13(2)23(12)16-8-6-15(20)7-9-16;/h6-10,14,18H,3-5,11,21H2,1-2H3,(H,22,24);1H. The van der Waals surface area contributed by atoms with E-state index < -0.39 is 0 Å². The van der Waals surface area contributed by atoms with Crippen LogP contribution in [0.4, 0.5) is 4.39 Å². The van der Waals surface area contributed by atoms with Gasteiger partial charge in [-0.2, -0.15) is 0 Å². The van der Waals surface area contributed by atoms with Gasteiger partial charge in [-0.25, -0.2) is 4.39 Å². The Kier molecular flexibility index (Phi) is 6.25. The number of hydrogen-bond donors (Lipinski definition) is 2. The first kappa shape index (κ1) is 19.5. The molecule has 1 aromatic heterocycles. The lowest BCUT2D eigenvalue weighted by Crippen LogP contribution is -2.40. The normalized spacial score (nSPS) is 19.5. The lowest BCUT2D eigenvalue weighted by atomic mass is 10.0. The minimum Gasteiger partial charge on any atom is -0.349 e. The first-order valence-electron chi connectivity index (χ1n) is 8.47. The predicted molar refractivity (Wildman–Crippen MR) is 100 cm³/mol. The zero-order chi connectivity index (χ0) is 17.3. The maximum absolute atomic E-state index is 13.2. The lowest BCUT2D eigenvalue weighted by molar-refractivity contribution is 0.0928. The van der Waals surface area contributed by atoms with Gasteiger partial charge in [0, 0.05) is 23.1 Å². The summed E-state index contributed by atoms with van der Waals surface area (Å²) in [4.78, 5) is 12.7. The summed E-state index contributed by atoms with van der Waals surface area (Å²) in [7, 11) is 0. The third-order valence-electron chi connectivity index (χ3n) is 5.04. The number of halogens is 2. The molecule has 136 valence electrons. The number of carbonyl (C=O) groups is 1. The highest BCUT2D eigenvalue weighted by atomic mass is 35.5. The van der Waals surface area contributed by atoms with Gasteiger partial charge in [-0.05, 0) is 69.5 Å². The molecule has 2 atom stereocenters. The number of benzene rings is 1. The number of rotatable bonds is 4.